The van der Waals surface area contributed by atoms with Crippen LogP contribution in [0.1, 0.15) is 48.8 Å². The van der Waals surface area contributed by atoms with Gasteiger partial charge < -0.3 is 15.8 Å². The van der Waals surface area contributed by atoms with Gasteiger partial charge in [-0.15, -0.1) is 10.2 Å². The van der Waals surface area contributed by atoms with Gasteiger partial charge in [0.05, 0.1) is 29.9 Å². The number of nitrogens with two attached hydrogens (primary N) is 1. The minimum Gasteiger partial charge on any atom is -0.494 e. The smallest absolute Gasteiger partial charge is 0.234 e. The zero-order valence-corrected chi connectivity index (χ0v) is 24.7. The van der Waals surface area contributed by atoms with Crippen LogP contribution in [0.15, 0.2) is 69.5 Å². The first-order chi connectivity index (χ1) is 19.8. The van der Waals surface area contributed by atoms with E-state index in [4.69, 9.17) is 10.5 Å². The zero-order valence-electron chi connectivity index (χ0n) is 23.1. The highest BCUT2D eigenvalue weighted by molar-refractivity contribution is 8.01. The lowest BCUT2D eigenvalue weighted by molar-refractivity contribution is -0.116. The number of para-hydroxylation sites is 1. The second-order valence-electron chi connectivity index (χ2n) is 9.77. The minimum atomic E-state index is -0.565. The number of hydrogen-bond donors (Lipinski definition) is 2. The number of nitrogens with one attached hydrogen (secondary N) is 1. The van der Waals surface area contributed by atoms with Crippen molar-refractivity contribution in [3.05, 3.63) is 81.8 Å². The number of Topliss-reactive ketones (excluding diaryl/α,β-unsaturated/α-hetero) is 1. The molecule has 2 aromatic carbocycles. The first-order valence-corrected chi connectivity index (χ1v) is 15.1. The summed E-state index contributed by atoms with van der Waals surface area (Å²) in [5.74, 6) is 0.399. The number of ketones is 1. The van der Waals surface area contributed by atoms with Crippen LogP contribution in [0, 0.1) is 25.2 Å². The molecule has 0 fully saturated rings. The Morgan fingerprint density at radius 3 is 2.61 bits per heavy atom. The predicted molar refractivity (Wildman–Crippen MR) is 161 cm³/mol. The Kier molecular flexibility index (Phi) is 8.42. The molecule has 0 saturated heterocycles. The standard InChI is InChI=1S/C30H30N6O3S2/c1-4-39-20-13-11-19(12-14-20)25-21(15-31)28(32)36(22-9-6-10-23(37)26(22)25)29-34-35-30(41-29)40-16-24(38)33-27-17(2)7-5-8-18(27)3/h5,7-8,11-14,25H,4,6,9-10,16,32H2,1-3H3,(H,33,38). The molecule has 0 bridgehead atoms. The van der Waals surface area contributed by atoms with Crippen LogP contribution in [-0.4, -0.2) is 34.2 Å². The van der Waals surface area contributed by atoms with Crippen LogP contribution in [0.3, 0.4) is 0 Å². The maximum Gasteiger partial charge on any atom is 0.234 e. The van der Waals surface area contributed by atoms with Gasteiger partial charge in [-0.1, -0.05) is 53.4 Å². The lowest BCUT2D eigenvalue weighted by Crippen LogP contribution is -2.38. The highest BCUT2D eigenvalue weighted by atomic mass is 32.2. The molecule has 3 aromatic rings. The predicted octanol–water partition coefficient (Wildman–Crippen LogP) is 5.59. The topological polar surface area (TPSA) is 134 Å². The van der Waals surface area contributed by atoms with Gasteiger partial charge >= 0.3 is 0 Å². The van der Waals surface area contributed by atoms with Crippen molar-refractivity contribution in [3.63, 3.8) is 0 Å². The maximum absolute atomic E-state index is 13.3. The average Bonchev–Trinajstić information content (AvgIpc) is 3.42. The van der Waals surface area contributed by atoms with Gasteiger partial charge in [-0.3, -0.25) is 14.5 Å². The van der Waals surface area contributed by atoms with Gasteiger partial charge in [-0.2, -0.15) is 5.26 Å². The second-order valence-corrected chi connectivity index (χ2v) is 12.0. The summed E-state index contributed by atoms with van der Waals surface area (Å²) in [5, 5.41) is 22.3. The Bertz CT molecular complexity index is 1580. The van der Waals surface area contributed by atoms with Crippen molar-refractivity contribution in [1.29, 1.82) is 5.26 Å². The van der Waals surface area contributed by atoms with E-state index >= 15 is 0 Å². The Morgan fingerprint density at radius 2 is 1.93 bits per heavy atom. The molecule has 11 heteroatoms. The van der Waals surface area contributed by atoms with E-state index < -0.39 is 5.92 Å². The number of allylic oxidation sites excluding steroid dienone is 3. The largest absolute Gasteiger partial charge is 0.494 e. The summed E-state index contributed by atoms with van der Waals surface area (Å²) in [5.41, 5.74) is 11.9. The molecular weight excluding hydrogens is 557 g/mol. The number of rotatable bonds is 8. The average molecular weight is 587 g/mol. The molecule has 1 amide bonds. The second kappa shape index (κ2) is 12.2. The van der Waals surface area contributed by atoms with Gasteiger partial charge in [-0.25, -0.2) is 0 Å². The molecule has 0 radical (unpaired) electrons. The summed E-state index contributed by atoms with van der Waals surface area (Å²) in [7, 11) is 0. The molecule has 1 aromatic heterocycles. The van der Waals surface area contributed by atoms with Crippen LogP contribution >= 0.6 is 23.1 Å². The van der Waals surface area contributed by atoms with Crippen LogP contribution in [0.5, 0.6) is 5.75 Å². The Balaban J connectivity index is 1.41. The SMILES string of the molecule is CCOc1ccc(C2C(C#N)=C(N)N(c3nnc(SCC(=O)Nc4c(C)cccc4C)s3)C3=C2C(=O)CCC3)cc1. The summed E-state index contributed by atoms with van der Waals surface area (Å²) >= 11 is 2.55. The van der Waals surface area contributed by atoms with E-state index in [2.05, 4.69) is 21.6 Å². The molecule has 2 aliphatic rings. The van der Waals surface area contributed by atoms with Crippen molar-refractivity contribution in [2.45, 2.75) is 50.3 Å². The molecule has 41 heavy (non-hydrogen) atoms. The molecule has 3 N–H and O–H groups in total. The van der Waals surface area contributed by atoms with Gasteiger partial charge in [-0.05, 0) is 62.4 Å². The fourth-order valence-corrected chi connectivity index (χ4v) is 6.91. The maximum atomic E-state index is 13.3. The number of amides is 1. The number of aryl methyl sites for hydroxylation is 2. The summed E-state index contributed by atoms with van der Waals surface area (Å²) in [6.45, 7) is 6.37. The van der Waals surface area contributed by atoms with Gasteiger partial charge in [0.15, 0.2) is 10.1 Å². The van der Waals surface area contributed by atoms with Crippen LogP contribution < -0.4 is 20.7 Å². The number of aromatic nitrogens is 2. The normalized spacial score (nSPS) is 16.9. The molecule has 0 spiro atoms. The van der Waals surface area contributed by atoms with Crippen molar-refractivity contribution < 1.29 is 14.3 Å². The molecule has 5 rings (SSSR count). The number of ether oxygens (including phenoxy) is 1. The number of anilines is 2. The number of benzene rings is 2. The molecule has 1 aliphatic carbocycles. The lowest BCUT2D eigenvalue weighted by atomic mass is 9.76. The highest BCUT2D eigenvalue weighted by Crippen LogP contribution is 2.47. The quantitative estimate of drug-likeness (QED) is 0.324. The third kappa shape index (κ3) is 5.71. The fourth-order valence-electron chi connectivity index (χ4n) is 5.23. The van der Waals surface area contributed by atoms with E-state index in [0.717, 1.165) is 33.8 Å². The summed E-state index contributed by atoms with van der Waals surface area (Å²) in [6, 6.07) is 15.6. The molecule has 0 saturated carbocycles. The highest BCUT2D eigenvalue weighted by Gasteiger charge is 2.41. The minimum absolute atomic E-state index is 0.00216. The molecule has 1 aliphatic heterocycles. The van der Waals surface area contributed by atoms with Crippen LogP contribution in [0.2, 0.25) is 0 Å². The monoisotopic (exact) mass is 586 g/mol. The molecule has 9 nitrogen and oxygen atoms in total. The number of hydrogen-bond acceptors (Lipinski definition) is 10. The van der Waals surface area contributed by atoms with E-state index in [0.29, 0.717) is 46.5 Å². The first-order valence-electron chi connectivity index (χ1n) is 13.3. The van der Waals surface area contributed by atoms with Crippen molar-refractivity contribution in [2.75, 3.05) is 22.6 Å². The van der Waals surface area contributed by atoms with E-state index in [9.17, 15) is 14.9 Å². The van der Waals surface area contributed by atoms with E-state index in [1.165, 1.54) is 23.1 Å². The van der Waals surface area contributed by atoms with Gasteiger partial charge in [0.2, 0.25) is 11.0 Å². The Morgan fingerprint density at radius 1 is 1.20 bits per heavy atom. The summed E-state index contributed by atoms with van der Waals surface area (Å²) < 4.78 is 6.16. The first kappa shape index (κ1) is 28.4. The van der Waals surface area contributed by atoms with Crippen LogP contribution in [0.25, 0.3) is 0 Å². The lowest BCUT2D eigenvalue weighted by Gasteiger charge is -2.38. The molecule has 1 atom stereocenters. The van der Waals surface area contributed by atoms with Crippen molar-refractivity contribution in [3.8, 4) is 11.8 Å². The molecular formula is C30H30N6O3S2. The molecule has 210 valence electrons. The van der Waals surface area contributed by atoms with Gasteiger partial charge in [0.1, 0.15) is 11.6 Å². The Labute approximate surface area is 247 Å². The summed E-state index contributed by atoms with van der Waals surface area (Å²) in [4.78, 5) is 27.7. The third-order valence-electron chi connectivity index (χ3n) is 7.10. The zero-order chi connectivity index (χ0) is 29.1. The van der Waals surface area contributed by atoms with E-state index in [-0.39, 0.29) is 23.3 Å². The van der Waals surface area contributed by atoms with Crippen molar-refractivity contribution in [2.24, 2.45) is 5.73 Å². The van der Waals surface area contributed by atoms with Gasteiger partial charge in [0, 0.05) is 23.4 Å². The van der Waals surface area contributed by atoms with E-state index in [1.54, 1.807) is 4.90 Å². The number of carbonyl (C=O) groups is 2. The van der Waals surface area contributed by atoms with Crippen LogP contribution in [0.4, 0.5) is 10.8 Å². The number of thioether (sulfide) groups is 1. The molecule has 2 heterocycles. The summed E-state index contributed by atoms with van der Waals surface area (Å²) in [6.07, 6.45) is 1.71. The molecule has 1 unspecified atom stereocenters. The third-order valence-corrected chi connectivity index (χ3v) is 9.14. The van der Waals surface area contributed by atoms with Crippen molar-refractivity contribution in [1.82, 2.24) is 10.2 Å². The van der Waals surface area contributed by atoms with Crippen molar-refractivity contribution >= 4 is 45.6 Å². The Hall–Kier alpha value is -4.14. The number of nitriles is 1. The number of nitrogens with zero attached hydrogens (tertiary/aromatic N) is 4. The fraction of sp³-hybridized carbons (Fsp3) is 0.300. The van der Waals surface area contributed by atoms with Crippen LogP contribution in [-0.2, 0) is 9.59 Å². The van der Waals surface area contributed by atoms with E-state index in [1.807, 2.05) is 63.2 Å². The number of carbonyl (C=O) groups excluding carboxylic acids is 2. The van der Waals surface area contributed by atoms with Gasteiger partial charge in [0.25, 0.3) is 0 Å².